The van der Waals surface area contributed by atoms with Crippen molar-refractivity contribution in [2.24, 2.45) is 11.3 Å². The molecule has 2 N–H and O–H groups in total. The van der Waals surface area contributed by atoms with E-state index in [4.69, 9.17) is 5.41 Å². The van der Waals surface area contributed by atoms with Crippen molar-refractivity contribution in [1.29, 1.82) is 5.41 Å². The van der Waals surface area contributed by atoms with Crippen molar-refractivity contribution in [3.05, 3.63) is 12.3 Å². The topological polar surface area (TPSA) is 93.6 Å². The normalized spacial score (nSPS) is 14.7. The zero-order chi connectivity index (χ0) is 17.6. The number of nitrogens with zero attached hydrogens (tertiary/aromatic N) is 2. The molecule has 0 saturated carbocycles. The predicted molar refractivity (Wildman–Crippen MR) is 92.3 cm³/mol. The van der Waals surface area contributed by atoms with Gasteiger partial charge in [-0.1, -0.05) is 31.0 Å². The molecule has 0 aliphatic heterocycles. The first-order valence-corrected chi connectivity index (χ1v) is 9.71. The average molecular weight is 350 g/mol. The Labute approximate surface area is 135 Å². The van der Waals surface area contributed by atoms with Gasteiger partial charge in [-0.2, -0.15) is 0 Å². The van der Waals surface area contributed by atoms with Crippen LogP contribution in [0.25, 0.3) is 0 Å². The van der Waals surface area contributed by atoms with E-state index in [2.05, 4.69) is 5.32 Å². The quantitative estimate of drug-likeness (QED) is 0.375. The van der Waals surface area contributed by atoms with Crippen LogP contribution in [0.4, 0.5) is 0 Å². The van der Waals surface area contributed by atoms with E-state index in [1.54, 1.807) is 20.3 Å². The smallest absolute Gasteiger partial charge is 0.231 e. The number of hydrazine groups is 1. The minimum Gasteiger partial charge on any atom is -0.359 e. The molecule has 128 valence electrons. The van der Waals surface area contributed by atoms with Crippen LogP contribution in [0.2, 0.25) is 0 Å². The summed E-state index contributed by atoms with van der Waals surface area (Å²) < 4.78 is 24.5. The molecule has 0 aliphatic carbocycles. The van der Waals surface area contributed by atoms with E-state index in [9.17, 15) is 13.2 Å². The Hall–Kier alpha value is -0.980. The van der Waals surface area contributed by atoms with Gasteiger partial charge in [0.2, 0.25) is 15.9 Å². The fourth-order valence-corrected chi connectivity index (χ4v) is 3.85. The maximum absolute atomic E-state index is 11.7. The highest BCUT2D eigenvalue weighted by atomic mass is 32.2. The molecular formula is C13H27N4O3PS. The summed E-state index contributed by atoms with van der Waals surface area (Å²) in [6, 6.07) is 0. The molecule has 0 heterocycles. The highest BCUT2D eigenvalue weighted by Gasteiger charge is 2.23. The van der Waals surface area contributed by atoms with Crippen LogP contribution in [0.1, 0.15) is 27.2 Å². The molecule has 0 fully saturated rings. The van der Waals surface area contributed by atoms with Gasteiger partial charge in [-0.05, 0) is 11.8 Å². The number of hydrogen-bond donors (Lipinski definition) is 2. The molecule has 7 nitrogen and oxygen atoms in total. The molecule has 0 aromatic heterocycles. The number of carbonyl (C=O) groups is 1. The minimum atomic E-state index is -3.43. The molecule has 0 rings (SSSR count). The molecule has 2 atom stereocenters. The summed E-state index contributed by atoms with van der Waals surface area (Å²) in [5.41, 5.74) is -0.267. The lowest BCUT2D eigenvalue weighted by Gasteiger charge is -2.29. The first-order chi connectivity index (χ1) is 9.94. The predicted octanol–water partition coefficient (Wildman–Crippen LogP) is 1.61. The van der Waals surface area contributed by atoms with Gasteiger partial charge in [0.05, 0.1) is 6.26 Å². The number of amides is 1. The van der Waals surface area contributed by atoms with E-state index in [0.717, 1.165) is 16.4 Å². The largest absolute Gasteiger partial charge is 0.359 e. The summed E-state index contributed by atoms with van der Waals surface area (Å²) in [4.78, 5) is 11.6. The Morgan fingerprint density at radius 2 is 2.00 bits per heavy atom. The van der Waals surface area contributed by atoms with E-state index in [1.807, 2.05) is 26.8 Å². The molecule has 0 aliphatic rings. The zero-order valence-electron chi connectivity index (χ0n) is 14.0. The van der Waals surface area contributed by atoms with Gasteiger partial charge in [-0.25, -0.2) is 8.42 Å². The molecular weight excluding hydrogens is 323 g/mol. The number of rotatable bonds is 9. The van der Waals surface area contributed by atoms with Crippen molar-refractivity contribution >= 4 is 30.6 Å². The minimum absolute atomic E-state index is 0.0159. The maximum Gasteiger partial charge on any atom is 0.231 e. The maximum atomic E-state index is 11.7. The highest BCUT2D eigenvalue weighted by molar-refractivity contribution is 7.93. The van der Waals surface area contributed by atoms with E-state index in [-0.39, 0.29) is 26.0 Å². The van der Waals surface area contributed by atoms with Crippen LogP contribution in [0, 0.1) is 16.7 Å². The summed E-state index contributed by atoms with van der Waals surface area (Å²) >= 11 is 0. The Balaban J connectivity index is 4.98. The molecule has 2 unspecified atom stereocenters. The van der Waals surface area contributed by atoms with Gasteiger partial charge < -0.3 is 10.7 Å². The molecule has 0 bridgehead atoms. The number of sulfonamides is 1. The van der Waals surface area contributed by atoms with Crippen molar-refractivity contribution in [1.82, 2.24) is 14.5 Å². The van der Waals surface area contributed by atoms with E-state index < -0.39 is 10.0 Å². The molecule has 0 aromatic rings. The summed E-state index contributed by atoms with van der Waals surface area (Å²) in [6.45, 7) is 5.83. The first kappa shape index (κ1) is 21.0. The fourth-order valence-electron chi connectivity index (χ4n) is 2.04. The second-order valence-corrected chi connectivity index (χ2v) is 8.98. The SMILES string of the molecule is CNC(=O)C(C)CC(C)(C)/C=C/N(C)N(PC=N)S(C)(=O)=O. The summed E-state index contributed by atoms with van der Waals surface area (Å²) in [5.74, 6) is 0.909. The molecule has 0 spiro atoms. The van der Waals surface area contributed by atoms with Crippen LogP contribution in [-0.2, 0) is 14.8 Å². The third-order valence-corrected chi connectivity index (χ3v) is 5.91. The molecule has 0 radical (unpaired) electrons. The lowest BCUT2D eigenvalue weighted by molar-refractivity contribution is -0.124. The van der Waals surface area contributed by atoms with Crippen molar-refractivity contribution in [2.45, 2.75) is 27.2 Å². The van der Waals surface area contributed by atoms with Crippen LogP contribution < -0.4 is 5.32 Å². The van der Waals surface area contributed by atoms with Crippen LogP contribution >= 0.6 is 8.73 Å². The lowest BCUT2D eigenvalue weighted by atomic mass is 9.83. The fraction of sp³-hybridized carbons (Fsp3) is 0.692. The van der Waals surface area contributed by atoms with Crippen LogP contribution in [0.15, 0.2) is 12.3 Å². The lowest BCUT2D eigenvalue weighted by Crippen LogP contribution is -2.34. The average Bonchev–Trinajstić information content (AvgIpc) is 2.39. The Kier molecular flexibility index (Phi) is 8.22. The van der Waals surface area contributed by atoms with Crippen molar-refractivity contribution < 1.29 is 13.2 Å². The third kappa shape index (κ3) is 7.33. The summed E-state index contributed by atoms with van der Waals surface area (Å²) in [6.07, 6.45) is 5.28. The highest BCUT2D eigenvalue weighted by Crippen LogP contribution is 2.28. The summed E-state index contributed by atoms with van der Waals surface area (Å²) in [5, 5.41) is 11.2. The van der Waals surface area contributed by atoms with Crippen LogP contribution in [0.5, 0.6) is 0 Å². The van der Waals surface area contributed by atoms with Crippen molar-refractivity contribution in [3.63, 3.8) is 0 Å². The van der Waals surface area contributed by atoms with Gasteiger partial charge in [0.25, 0.3) is 0 Å². The van der Waals surface area contributed by atoms with Gasteiger partial charge in [-0.3, -0.25) is 9.80 Å². The molecule has 0 aromatic carbocycles. The molecule has 0 saturated heterocycles. The van der Waals surface area contributed by atoms with Gasteiger partial charge in [-0.15, -0.1) is 0 Å². The monoisotopic (exact) mass is 350 g/mol. The van der Waals surface area contributed by atoms with Gasteiger partial charge in [0.1, 0.15) is 0 Å². The van der Waals surface area contributed by atoms with Crippen LogP contribution in [0.3, 0.4) is 0 Å². The van der Waals surface area contributed by atoms with Gasteiger partial charge in [0, 0.05) is 40.9 Å². The van der Waals surface area contributed by atoms with E-state index in [0.29, 0.717) is 6.42 Å². The number of carbonyl (C=O) groups excluding carboxylic acids is 1. The Morgan fingerprint density at radius 3 is 2.41 bits per heavy atom. The number of nitrogens with one attached hydrogen (secondary N) is 2. The van der Waals surface area contributed by atoms with Crippen LogP contribution in [-0.4, -0.2) is 49.8 Å². The molecule has 22 heavy (non-hydrogen) atoms. The van der Waals surface area contributed by atoms with E-state index in [1.165, 1.54) is 5.01 Å². The van der Waals surface area contributed by atoms with Crippen molar-refractivity contribution in [3.8, 4) is 0 Å². The second-order valence-electron chi connectivity index (χ2n) is 5.88. The van der Waals surface area contributed by atoms with Gasteiger partial charge in [0.15, 0.2) is 0 Å². The summed E-state index contributed by atoms with van der Waals surface area (Å²) in [7, 11) is -0.483. The number of allylic oxidation sites excluding steroid dienone is 1. The number of hydrogen-bond acceptors (Lipinski definition) is 5. The van der Waals surface area contributed by atoms with E-state index >= 15 is 0 Å². The zero-order valence-corrected chi connectivity index (χ0v) is 15.9. The van der Waals surface area contributed by atoms with Crippen molar-refractivity contribution in [2.75, 3.05) is 20.4 Å². The standard InChI is InChI=1S/C13H27N4O3PS/c1-11(12(18)15-4)9-13(2,3)7-8-16(5)17(21-10-14)22(6,19)20/h7-8,10-11,14,21H,9H2,1-6H3,(H,15,18)/b8-7+,14-10?. The Bertz CT molecular complexity index is 519. The molecule has 1 amide bonds. The third-order valence-electron chi connectivity index (χ3n) is 3.04. The second kappa shape index (κ2) is 8.60. The Morgan fingerprint density at radius 1 is 1.45 bits per heavy atom. The molecule has 9 heteroatoms. The van der Waals surface area contributed by atoms with Gasteiger partial charge >= 0.3 is 0 Å². The first-order valence-electron chi connectivity index (χ1n) is 6.83.